The Labute approximate surface area is 131 Å². The van der Waals surface area contributed by atoms with Gasteiger partial charge in [0.05, 0.1) is 0 Å². The number of benzene rings is 1. The van der Waals surface area contributed by atoms with E-state index in [1.165, 1.54) is 18.3 Å². The Morgan fingerprint density at radius 3 is 2.91 bits per heavy atom. The van der Waals surface area contributed by atoms with Crippen molar-refractivity contribution in [2.75, 3.05) is 0 Å². The van der Waals surface area contributed by atoms with E-state index in [1.54, 1.807) is 6.07 Å². The van der Waals surface area contributed by atoms with Crippen molar-refractivity contribution >= 4 is 5.97 Å². The van der Waals surface area contributed by atoms with Crippen LogP contribution in [-0.4, -0.2) is 16.2 Å². The standard InChI is InChI=1S/C16H13N3O4/c1-11-5-4-6-12(9-11)15-18-17-14(23-15)10-22-16(20)13-7-2-3-8-19(13)21/h2-9H,10H2,1H3. The summed E-state index contributed by atoms with van der Waals surface area (Å²) in [6.07, 6.45) is 1.22. The smallest absolute Gasteiger partial charge is 0.405 e. The first-order valence-corrected chi connectivity index (χ1v) is 6.88. The van der Waals surface area contributed by atoms with Gasteiger partial charge < -0.3 is 14.4 Å². The zero-order chi connectivity index (χ0) is 16.2. The Morgan fingerprint density at radius 1 is 1.26 bits per heavy atom. The van der Waals surface area contributed by atoms with Gasteiger partial charge in [-0.2, -0.15) is 4.73 Å². The number of carbonyl (C=O) groups excluding carboxylic acids is 1. The summed E-state index contributed by atoms with van der Waals surface area (Å²) in [6, 6.07) is 12.1. The predicted molar refractivity (Wildman–Crippen MR) is 79.0 cm³/mol. The van der Waals surface area contributed by atoms with Gasteiger partial charge >= 0.3 is 11.7 Å². The molecule has 0 amide bonds. The molecule has 0 saturated carbocycles. The van der Waals surface area contributed by atoms with Crippen LogP contribution in [0, 0.1) is 12.1 Å². The number of aromatic nitrogens is 3. The second-order valence-electron chi connectivity index (χ2n) is 4.86. The minimum absolute atomic E-state index is 0.106. The van der Waals surface area contributed by atoms with Crippen LogP contribution in [0.15, 0.2) is 53.1 Å². The summed E-state index contributed by atoms with van der Waals surface area (Å²) in [7, 11) is 0. The maximum absolute atomic E-state index is 11.8. The second-order valence-corrected chi connectivity index (χ2v) is 4.86. The third kappa shape index (κ3) is 3.34. The molecule has 3 rings (SSSR count). The average Bonchev–Trinajstić information content (AvgIpc) is 3.02. The fraction of sp³-hybridized carbons (Fsp3) is 0.125. The SMILES string of the molecule is Cc1cccc(-c2nnc(COC(=O)c3cccc[n+]3[O-])o2)c1. The van der Waals surface area contributed by atoms with E-state index in [2.05, 4.69) is 10.2 Å². The fourth-order valence-electron chi connectivity index (χ4n) is 1.99. The number of carbonyl (C=O) groups is 1. The Balaban J connectivity index is 1.68. The highest BCUT2D eigenvalue weighted by atomic mass is 16.5. The van der Waals surface area contributed by atoms with Gasteiger partial charge in [0, 0.05) is 17.7 Å². The lowest BCUT2D eigenvalue weighted by Crippen LogP contribution is -2.34. The van der Waals surface area contributed by atoms with Crippen LogP contribution in [0.4, 0.5) is 0 Å². The first kappa shape index (κ1) is 14.7. The van der Waals surface area contributed by atoms with Crippen LogP contribution < -0.4 is 4.73 Å². The summed E-state index contributed by atoms with van der Waals surface area (Å²) in [5.41, 5.74) is 1.75. The molecule has 0 fully saturated rings. The molecule has 7 nitrogen and oxygen atoms in total. The largest absolute Gasteiger partial charge is 0.618 e. The van der Waals surface area contributed by atoms with E-state index in [1.807, 2.05) is 31.2 Å². The Hall–Kier alpha value is -3.22. The van der Waals surface area contributed by atoms with Crippen molar-refractivity contribution in [2.45, 2.75) is 13.5 Å². The highest BCUT2D eigenvalue weighted by molar-refractivity contribution is 5.85. The lowest BCUT2D eigenvalue weighted by atomic mass is 10.1. The summed E-state index contributed by atoms with van der Waals surface area (Å²) < 4.78 is 10.9. The fourth-order valence-corrected chi connectivity index (χ4v) is 1.99. The topological polar surface area (TPSA) is 92.2 Å². The number of ether oxygens (including phenoxy) is 1. The molecule has 7 heteroatoms. The van der Waals surface area contributed by atoms with Crippen molar-refractivity contribution in [1.29, 1.82) is 0 Å². The third-order valence-corrected chi connectivity index (χ3v) is 3.09. The molecule has 0 N–H and O–H groups in total. The summed E-state index contributed by atoms with van der Waals surface area (Å²) in [6.45, 7) is 1.76. The Bertz CT molecular complexity index is 845. The van der Waals surface area contributed by atoms with Gasteiger partial charge in [-0.05, 0) is 25.1 Å². The minimum atomic E-state index is -0.754. The van der Waals surface area contributed by atoms with E-state index in [-0.39, 0.29) is 18.2 Å². The lowest BCUT2D eigenvalue weighted by Gasteiger charge is -2.02. The molecule has 2 heterocycles. The molecule has 0 radical (unpaired) electrons. The van der Waals surface area contributed by atoms with E-state index in [0.717, 1.165) is 11.1 Å². The predicted octanol–water partition coefficient (Wildman–Crippen LogP) is 2.04. The zero-order valence-electron chi connectivity index (χ0n) is 12.3. The van der Waals surface area contributed by atoms with E-state index in [9.17, 15) is 10.0 Å². The molecule has 0 unspecified atom stereocenters. The van der Waals surface area contributed by atoms with Crippen LogP contribution in [0.1, 0.15) is 21.9 Å². The number of pyridine rings is 1. The van der Waals surface area contributed by atoms with Crippen molar-refractivity contribution in [1.82, 2.24) is 10.2 Å². The number of rotatable bonds is 4. The van der Waals surface area contributed by atoms with Gasteiger partial charge in [-0.3, -0.25) is 0 Å². The minimum Gasteiger partial charge on any atom is -0.618 e. The summed E-state index contributed by atoms with van der Waals surface area (Å²) in [5.74, 6) is -0.252. The molecule has 0 aliphatic carbocycles. The third-order valence-electron chi connectivity index (χ3n) is 3.09. The summed E-state index contributed by atoms with van der Waals surface area (Å²) >= 11 is 0. The Morgan fingerprint density at radius 2 is 2.13 bits per heavy atom. The van der Waals surface area contributed by atoms with Crippen LogP contribution in [0.3, 0.4) is 0 Å². The van der Waals surface area contributed by atoms with E-state index in [4.69, 9.17) is 9.15 Å². The lowest BCUT2D eigenvalue weighted by molar-refractivity contribution is -0.608. The summed E-state index contributed by atoms with van der Waals surface area (Å²) in [5, 5.41) is 19.2. The van der Waals surface area contributed by atoms with Gasteiger partial charge in [0.25, 0.3) is 5.89 Å². The maximum atomic E-state index is 11.8. The van der Waals surface area contributed by atoms with Crippen molar-refractivity contribution in [3.63, 3.8) is 0 Å². The summed E-state index contributed by atoms with van der Waals surface area (Å²) in [4.78, 5) is 11.8. The molecular weight excluding hydrogens is 298 g/mol. The molecular formula is C16H13N3O4. The monoisotopic (exact) mass is 311 g/mol. The Kier molecular flexibility index (Phi) is 4.01. The number of aryl methyl sites for hydroxylation is 1. The number of hydrogen-bond acceptors (Lipinski definition) is 6. The van der Waals surface area contributed by atoms with E-state index >= 15 is 0 Å². The van der Waals surface area contributed by atoms with Gasteiger partial charge in [-0.1, -0.05) is 17.7 Å². The molecule has 23 heavy (non-hydrogen) atoms. The molecule has 0 aliphatic heterocycles. The van der Waals surface area contributed by atoms with Crippen LogP contribution in [0.2, 0.25) is 0 Å². The highest BCUT2D eigenvalue weighted by Gasteiger charge is 2.18. The van der Waals surface area contributed by atoms with Crippen LogP contribution in [-0.2, 0) is 11.3 Å². The van der Waals surface area contributed by atoms with Crippen LogP contribution in [0.5, 0.6) is 0 Å². The molecule has 0 saturated heterocycles. The van der Waals surface area contributed by atoms with Gasteiger partial charge in [0.2, 0.25) is 5.89 Å². The quantitative estimate of drug-likeness (QED) is 0.416. The number of hydrogen-bond donors (Lipinski definition) is 0. The van der Waals surface area contributed by atoms with Crippen LogP contribution >= 0.6 is 0 Å². The number of nitrogens with zero attached hydrogens (tertiary/aromatic N) is 3. The molecule has 2 aromatic heterocycles. The van der Waals surface area contributed by atoms with Crippen LogP contribution in [0.25, 0.3) is 11.5 Å². The second kappa shape index (κ2) is 6.27. The van der Waals surface area contributed by atoms with E-state index in [0.29, 0.717) is 10.6 Å². The normalized spacial score (nSPS) is 10.5. The zero-order valence-corrected chi connectivity index (χ0v) is 12.3. The molecule has 0 atom stereocenters. The van der Waals surface area contributed by atoms with Gasteiger partial charge in [0.1, 0.15) is 0 Å². The first-order valence-electron chi connectivity index (χ1n) is 6.88. The van der Waals surface area contributed by atoms with Crippen molar-refractivity contribution in [2.24, 2.45) is 0 Å². The van der Waals surface area contributed by atoms with Crippen molar-refractivity contribution < 1.29 is 18.7 Å². The molecule has 0 spiro atoms. The maximum Gasteiger partial charge on any atom is 0.405 e. The van der Waals surface area contributed by atoms with Crippen molar-refractivity contribution in [3.05, 3.63) is 71.0 Å². The molecule has 0 aliphatic rings. The molecule has 1 aromatic carbocycles. The number of esters is 1. The van der Waals surface area contributed by atoms with Gasteiger partial charge in [-0.25, -0.2) is 4.79 Å². The average molecular weight is 311 g/mol. The molecule has 0 bridgehead atoms. The van der Waals surface area contributed by atoms with Gasteiger partial charge in [-0.15, -0.1) is 10.2 Å². The van der Waals surface area contributed by atoms with Crippen molar-refractivity contribution in [3.8, 4) is 11.5 Å². The van der Waals surface area contributed by atoms with Gasteiger partial charge in [0.15, 0.2) is 12.8 Å². The molecule has 116 valence electrons. The molecule has 3 aromatic rings. The first-order chi connectivity index (χ1) is 11.1. The highest BCUT2D eigenvalue weighted by Crippen LogP contribution is 2.19. The van der Waals surface area contributed by atoms with E-state index < -0.39 is 5.97 Å².